The molecule has 0 N–H and O–H groups in total. The van der Waals surface area contributed by atoms with E-state index in [1.54, 1.807) is 0 Å². The third-order valence-corrected chi connectivity index (χ3v) is 3.76. The highest BCUT2D eigenvalue weighted by Gasteiger charge is 2.02. The molecule has 0 radical (unpaired) electrons. The highest BCUT2D eigenvalue weighted by molar-refractivity contribution is 5.50. The Morgan fingerprint density at radius 2 is 1.62 bits per heavy atom. The normalized spacial score (nSPS) is 10.5. The zero-order valence-electron chi connectivity index (χ0n) is 13.5. The van der Waals surface area contributed by atoms with Gasteiger partial charge in [-0.15, -0.1) is 0 Å². The topological polar surface area (TPSA) is 26.3 Å². The maximum absolute atomic E-state index is 10.5. The number of ether oxygens (including phenoxy) is 1. The van der Waals surface area contributed by atoms with Gasteiger partial charge in [0, 0.05) is 6.42 Å². The average molecular weight is 290 g/mol. The second-order valence-corrected chi connectivity index (χ2v) is 5.64. The van der Waals surface area contributed by atoms with E-state index in [1.807, 2.05) is 24.3 Å². The Labute approximate surface area is 129 Å². The second kappa shape index (κ2) is 12.4. The zero-order chi connectivity index (χ0) is 15.2. The molecule has 1 rings (SSSR count). The fourth-order valence-corrected chi connectivity index (χ4v) is 2.48. The first-order valence-electron chi connectivity index (χ1n) is 8.52. The van der Waals surface area contributed by atoms with Crippen molar-refractivity contribution in [1.29, 1.82) is 0 Å². The maximum Gasteiger partial charge on any atom is 0.122 e. The van der Waals surface area contributed by atoms with Crippen molar-refractivity contribution >= 4 is 6.29 Å². The van der Waals surface area contributed by atoms with Gasteiger partial charge >= 0.3 is 0 Å². The number of hydrogen-bond donors (Lipinski definition) is 0. The summed E-state index contributed by atoms with van der Waals surface area (Å²) in [5.41, 5.74) is 1.14. The van der Waals surface area contributed by atoms with Gasteiger partial charge < -0.3 is 9.53 Å². The molecule has 0 unspecified atom stereocenters. The number of para-hydroxylation sites is 1. The lowest BCUT2D eigenvalue weighted by Crippen LogP contribution is -2.00. The lowest BCUT2D eigenvalue weighted by Gasteiger charge is -2.10. The van der Waals surface area contributed by atoms with E-state index in [2.05, 4.69) is 6.92 Å². The van der Waals surface area contributed by atoms with E-state index in [1.165, 1.54) is 44.9 Å². The lowest BCUT2D eigenvalue weighted by atomic mass is 10.1. The number of aryl methyl sites for hydroxylation is 1. The Morgan fingerprint density at radius 3 is 2.33 bits per heavy atom. The molecule has 0 spiro atoms. The van der Waals surface area contributed by atoms with Gasteiger partial charge in [0.25, 0.3) is 0 Å². The largest absolute Gasteiger partial charge is 0.493 e. The highest BCUT2D eigenvalue weighted by atomic mass is 16.5. The van der Waals surface area contributed by atoms with E-state index in [9.17, 15) is 4.79 Å². The highest BCUT2D eigenvalue weighted by Crippen LogP contribution is 2.19. The van der Waals surface area contributed by atoms with Gasteiger partial charge in [-0.2, -0.15) is 0 Å². The number of hydrogen-bond acceptors (Lipinski definition) is 2. The summed E-state index contributed by atoms with van der Waals surface area (Å²) in [6.07, 6.45) is 12.8. The van der Waals surface area contributed by atoms with E-state index in [4.69, 9.17) is 4.74 Å². The molecule has 1 aromatic carbocycles. The molecular formula is C19H30O2. The van der Waals surface area contributed by atoms with Crippen LogP contribution in [0.2, 0.25) is 0 Å². The van der Waals surface area contributed by atoms with Crippen LogP contribution >= 0.6 is 0 Å². The predicted octanol–water partition coefficient (Wildman–Crippen LogP) is 5.34. The molecule has 1 aromatic rings. The van der Waals surface area contributed by atoms with Gasteiger partial charge in [0.2, 0.25) is 0 Å². The van der Waals surface area contributed by atoms with Gasteiger partial charge in [0.1, 0.15) is 12.0 Å². The van der Waals surface area contributed by atoms with Gasteiger partial charge in [-0.3, -0.25) is 0 Å². The SMILES string of the molecule is CCCCCCCCCCOc1ccccc1CCC=O. The summed E-state index contributed by atoms with van der Waals surface area (Å²) in [6, 6.07) is 8.05. The smallest absolute Gasteiger partial charge is 0.122 e. The Balaban J connectivity index is 2.11. The summed E-state index contributed by atoms with van der Waals surface area (Å²) >= 11 is 0. The number of carbonyl (C=O) groups is 1. The Morgan fingerprint density at radius 1 is 0.952 bits per heavy atom. The minimum atomic E-state index is 0.568. The number of aldehydes is 1. The van der Waals surface area contributed by atoms with Crippen LogP contribution in [-0.2, 0) is 11.2 Å². The minimum Gasteiger partial charge on any atom is -0.493 e. The van der Waals surface area contributed by atoms with Crippen molar-refractivity contribution in [3.8, 4) is 5.75 Å². The third-order valence-electron chi connectivity index (χ3n) is 3.76. The number of carbonyl (C=O) groups excluding carboxylic acids is 1. The average Bonchev–Trinajstić information content (AvgIpc) is 2.52. The van der Waals surface area contributed by atoms with Crippen molar-refractivity contribution in [3.05, 3.63) is 29.8 Å². The van der Waals surface area contributed by atoms with Crippen LogP contribution in [0.25, 0.3) is 0 Å². The van der Waals surface area contributed by atoms with Crippen LogP contribution in [0, 0.1) is 0 Å². The van der Waals surface area contributed by atoms with Crippen LogP contribution in [0.1, 0.15) is 70.3 Å². The number of rotatable bonds is 13. The van der Waals surface area contributed by atoms with Crippen molar-refractivity contribution < 1.29 is 9.53 Å². The van der Waals surface area contributed by atoms with E-state index < -0.39 is 0 Å². The molecule has 2 nitrogen and oxygen atoms in total. The lowest BCUT2D eigenvalue weighted by molar-refractivity contribution is -0.107. The molecule has 21 heavy (non-hydrogen) atoms. The summed E-state index contributed by atoms with van der Waals surface area (Å²) in [7, 11) is 0. The number of unbranched alkanes of at least 4 members (excludes halogenated alkanes) is 7. The van der Waals surface area contributed by atoms with E-state index in [0.717, 1.165) is 37.0 Å². The van der Waals surface area contributed by atoms with Gasteiger partial charge in [-0.25, -0.2) is 0 Å². The molecule has 0 bridgehead atoms. The van der Waals surface area contributed by atoms with Crippen LogP contribution < -0.4 is 4.74 Å². The molecule has 0 atom stereocenters. The minimum absolute atomic E-state index is 0.568. The fraction of sp³-hybridized carbons (Fsp3) is 0.632. The molecule has 0 amide bonds. The van der Waals surface area contributed by atoms with Crippen LogP contribution in [0.3, 0.4) is 0 Å². The van der Waals surface area contributed by atoms with Crippen molar-refractivity contribution in [3.63, 3.8) is 0 Å². The molecular weight excluding hydrogens is 260 g/mol. The van der Waals surface area contributed by atoms with E-state index in [0.29, 0.717) is 6.42 Å². The summed E-state index contributed by atoms with van der Waals surface area (Å²) in [6.45, 7) is 3.04. The molecule has 0 saturated carbocycles. The van der Waals surface area contributed by atoms with Gasteiger partial charge in [-0.05, 0) is 24.5 Å². The van der Waals surface area contributed by atoms with Crippen LogP contribution in [0.5, 0.6) is 5.75 Å². The quantitative estimate of drug-likeness (QED) is 0.362. The zero-order valence-corrected chi connectivity index (χ0v) is 13.5. The summed E-state index contributed by atoms with van der Waals surface area (Å²) in [5.74, 6) is 0.947. The molecule has 118 valence electrons. The van der Waals surface area contributed by atoms with Crippen molar-refractivity contribution in [2.45, 2.75) is 71.1 Å². The summed E-state index contributed by atoms with van der Waals surface area (Å²) in [5, 5.41) is 0. The van der Waals surface area contributed by atoms with E-state index in [-0.39, 0.29) is 0 Å². The molecule has 0 saturated heterocycles. The summed E-state index contributed by atoms with van der Waals surface area (Å²) < 4.78 is 5.86. The second-order valence-electron chi connectivity index (χ2n) is 5.64. The molecule has 0 heterocycles. The number of benzene rings is 1. The van der Waals surface area contributed by atoms with Crippen molar-refractivity contribution in [1.82, 2.24) is 0 Å². The fourth-order valence-electron chi connectivity index (χ4n) is 2.48. The van der Waals surface area contributed by atoms with Crippen LogP contribution in [-0.4, -0.2) is 12.9 Å². The van der Waals surface area contributed by atoms with Crippen LogP contribution in [0.4, 0.5) is 0 Å². The van der Waals surface area contributed by atoms with E-state index >= 15 is 0 Å². The van der Waals surface area contributed by atoms with Gasteiger partial charge in [-0.1, -0.05) is 70.1 Å². The molecule has 2 heteroatoms. The summed E-state index contributed by atoms with van der Waals surface area (Å²) in [4.78, 5) is 10.5. The monoisotopic (exact) mass is 290 g/mol. The van der Waals surface area contributed by atoms with Crippen molar-refractivity contribution in [2.75, 3.05) is 6.61 Å². The van der Waals surface area contributed by atoms with Gasteiger partial charge in [0.05, 0.1) is 6.61 Å². The molecule has 0 aliphatic heterocycles. The molecule has 0 aromatic heterocycles. The third kappa shape index (κ3) is 8.54. The predicted molar refractivity (Wildman–Crippen MR) is 88.9 cm³/mol. The Hall–Kier alpha value is -1.31. The van der Waals surface area contributed by atoms with Crippen LogP contribution in [0.15, 0.2) is 24.3 Å². The molecule has 0 aliphatic rings. The Kier molecular flexibility index (Phi) is 10.5. The first-order chi connectivity index (χ1) is 10.4. The molecule has 0 fully saturated rings. The first-order valence-corrected chi connectivity index (χ1v) is 8.52. The Bertz CT molecular complexity index is 374. The maximum atomic E-state index is 10.5. The van der Waals surface area contributed by atoms with Gasteiger partial charge in [0.15, 0.2) is 0 Å². The first kappa shape index (κ1) is 17.7. The standard InChI is InChI=1S/C19H30O2/c1-2-3-4-5-6-7-8-11-17-21-19-15-10-9-13-18(19)14-12-16-20/h9-10,13,15-16H,2-8,11-12,14,17H2,1H3. The molecule has 0 aliphatic carbocycles. The van der Waals surface area contributed by atoms with Crippen molar-refractivity contribution in [2.24, 2.45) is 0 Å².